The molecule has 0 aliphatic rings. The molecule has 0 fully saturated rings. The van der Waals surface area contributed by atoms with Crippen LogP contribution in [0.4, 0.5) is 0 Å². The lowest BCUT2D eigenvalue weighted by molar-refractivity contribution is 0.335. The molecule has 0 aliphatic heterocycles. The van der Waals surface area contributed by atoms with Crippen LogP contribution in [0.15, 0.2) is 30.5 Å². The van der Waals surface area contributed by atoms with Gasteiger partial charge in [-0.25, -0.2) is 4.68 Å². The van der Waals surface area contributed by atoms with Crippen molar-refractivity contribution in [2.75, 3.05) is 13.2 Å². The Bertz CT molecular complexity index is 771. The van der Waals surface area contributed by atoms with Crippen LogP contribution in [-0.2, 0) is 6.54 Å². The Balaban J connectivity index is 1.73. The Hall–Kier alpha value is -2.48. The summed E-state index contributed by atoms with van der Waals surface area (Å²) >= 11 is 1.41. The molecule has 0 saturated carbocycles. The van der Waals surface area contributed by atoms with Crippen LogP contribution in [0.25, 0.3) is 11.3 Å². The number of hydrogen-bond acceptors (Lipinski definition) is 7. The predicted molar refractivity (Wildman–Crippen MR) is 86.8 cm³/mol. The van der Waals surface area contributed by atoms with Gasteiger partial charge in [-0.2, -0.15) is 0 Å². The zero-order valence-electron chi connectivity index (χ0n) is 13.0. The molecule has 3 rings (SSSR count). The van der Waals surface area contributed by atoms with Crippen LogP contribution in [0.5, 0.6) is 10.9 Å². The van der Waals surface area contributed by atoms with Gasteiger partial charge in [-0.05, 0) is 26.0 Å². The minimum absolute atomic E-state index is 0.517. The highest BCUT2D eigenvalue weighted by Crippen LogP contribution is 2.23. The van der Waals surface area contributed by atoms with Crippen molar-refractivity contribution in [3.05, 3.63) is 35.5 Å². The van der Waals surface area contributed by atoms with Crippen molar-refractivity contribution in [3.63, 3.8) is 0 Å². The van der Waals surface area contributed by atoms with Gasteiger partial charge in [0.15, 0.2) is 0 Å². The second kappa shape index (κ2) is 7.19. The van der Waals surface area contributed by atoms with E-state index in [0.29, 0.717) is 25.0 Å². The molecular weight excluding hydrogens is 314 g/mol. The summed E-state index contributed by atoms with van der Waals surface area (Å²) in [6, 6.07) is 7.80. The van der Waals surface area contributed by atoms with E-state index in [-0.39, 0.29) is 0 Å². The summed E-state index contributed by atoms with van der Waals surface area (Å²) in [5, 5.41) is 17.8. The van der Waals surface area contributed by atoms with Gasteiger partial charge in [0.1, 0.15) is 16.5 Å². The average molecular weight is 331 g/mol. The van der Waals surface area contributed by atoms with Crippen LogP contribution in [0.3, 0.4) is 0 Å². The molecular formula is C15H17N5O2S. The normalized spacial score (nSPS) is 10.7. The molecule has 0 spiro atoms. The zero-order valence-corrected chi connectivity index (χ0v) is 13.8. The molecule has 8 heteroatoms. The van der Waals surface area contributed by atoms with E-state index in [0.717, 1.165) is 22.0 Å². The minimum atomic E-state index is 0.517. The van der Waals surface area contributed by atoms with Gasteiger partial charge in [-0.1, -0.05) is 33.8 Å². The SMILES string of the molecule is CCOc1cccc(-c2cn(Cc3nnc(OCC)s3)nn2)c1. The van der Waals surface area contributed by atoms with Gasteiger partial charge in [0.25, 0.3) is 5.19 Å². The minimum Gasteiger partial charge on any atom is -0.494 e. The highest BCUT2D eigenvalue weighted by atomic mass is 32.1. The molecule has 1 aromatic carbocycles. The number of nitrogens with zero attached hydrogens (tertiary/aromatic N) is 5. The van der Waals surface area contributed by atoms with Crippen molar-refractivity contribution in [1.82, 2.24) is 25.2 Å². The first-order valence-electron chi connectivity index (χ1n) is 7.37. The molecule has 0 radical (unpaired) electrons. The molecule has 0 N–H and O–H groups in total. The van der Waals surface area contributed by atoms with Crippen molar-refractivity contribution >= 4 is 11.3 Å². The molecule has 0 bridgehead atoms. The molecule has 120 valence electrons. The van der Waals surface area contributed by atoms with Crippen LogP contribution in [0.2, 0.25) is 0 Å². The predicted octanol–water partition coefficient (Wildman–Crippen LogP) is 2.64. The molecule has 0 atom stereocenters. The third kappa shape index (κ3) is 3.84. The molecule has 7 nitrogen and oxygen atoms in total. The van der Waals surface area contributed by atoms with Crippen molar-refractivity contribution in [2.45, 2.75) is 20.4 Å². The largest absolute Gasteiger partial charge is 0.494 e. The van der Waals surface area contributed by atoms with Crippen LogP contribution in [-0.4, -0.2) is 38.4 Å². The fraction of sp³-hybridized carbons (Fsp3) is 0.333. The topological polar surface area (TPSA) is 75.0 Å². The average Bonchev–Trinajstić information content (AvgIpc) is 3.19. The summed E-state index contributed by atoms with van der Waals surface area (Å²) in [4.78, 5) is 0. The van der Waals surface area contributed by atoms with Gasteiger partial charge in [0, 0.05) is 5.56 Å². The van der Waals surface area contributed by atoms with E-state index < -0.39 is 0 Å². The lowest BCUT2D eigenvalue weighted by Gasteiger charge is -2.03. The van der Waals surface area contributed by atoms with Gasteiger partial charge in [0.05, 0.1) is 26.0 Å². The van der Waals surface area contributed by atoms with Crippen molar-refractivity contribution < 1.29 is 9.47 Å². The fourth-order valence-electron chi connectivity index (χ4n) is 2.04. The third-order valence-electron chi connectivity index (χ3n) is 2.99. The standard InChI is InChI=1S/C15H17N5O2S/c1-3-21-12-7-5-6-11(8-12)13-9-20(19-16-13)10-14-17-18-15(23-14)22-4-2/h5-9H,3-4,10H2,1-2H3. The number of hydrogen-bond donors (Lipinski definition) is 0. The molecule has 2 aromatic heterocycles. The van der Waals surface area contributed by atoms with Crippen molar-refractivity contribution in [3.8, 4) is 22.2 Å². The van der Waals surface area contributed by atoms with Gasteiger partial charge in [-0.15, -0.1) is 10.2 Å². The lowest BCUT2D eigenvalue weighted by atomic mass is 10.1. The van der Waals surface area contributed by atoms with E-state index in [1.54, 1.807) is 4.68 Å². The Morgan fingerprint density at radius 1 is 1.09 bits per heavy atom. The molecule has 0 amide bonds. The zero-order chi connectivity index (χ0) is 16.1. The third-order valence-corrected chi connectivity index (χ3v) is 3.81. The first kappa shape index (κ1) is 15.4. The highest BCUT2D eigenvalue weighted by Gasteiger charge is 2.09. The van der Waals surface area contributed by atoms with Crippen molar-refractivity contribution in [2.24, 2.45) is 0 Å². The molecule has 23 heavy (non-hydrogen) atoms. The summed E-state index contributed by atoms with van der Waals surface area (Å²) in [6.07, 6.45) is 1.88. The molecule has 3 aromatic rings. The van der Waals surface area contributed by atoms with E-state index in [2.05, 4.69) is 20.5 Å². The molecule has 2 heterocycles. The number of ether oxygens (including phenoxy) is 2. The Morgan fingerprint density at radius 2 is 1.96 bits per heavy atom. The van der Waals surface area contributed by atoms with Crippen LogP contribution in [0.1, 0.15) is 18.9 Å². The summed E-state index contributed by atoms with van der Waals surface area (Å²) in [7, 11) is 0. The monoisotopic (exact) mass is 331 g/mol. The second-order valence-corrected chi connectivity index (χ2v) is 5.68. The van der Waals surface area contributed by atoms with E-state index in [1.807, 2.05) is 44.3 Å². The number of benzene rings is 1. The first-order valence-corrected chi connectivity index (χ1v) is 8.18. The van der Waals surface area contributed by atoms with Gasteiger partial charge in [0.2, 0.25) is 0 Å². The van der Waals surface area contributed by atoms with E-state index in [9.17, 15) is 0 Å². The number of aromatic nitrogens is 5. The number of rotatable bonds is 7. The summed E-state index contributed by atoms with van der Waals surface area (Å²) in [6.45, 7) is 5.61. The Labute approximate surface area is 137 Å². The van der Waals surface area contributed by atoms with Crippen LogP contribution >= 0.6 is 11.3 Å². The van der Waals surface area contributed by atoms with Gasteiger partial charge >= 0.3 is 0 Å². The Kier molecular flexibility index (Phi) is 4.82. The summed E-state index contributed by atoms with van der Waals surface area (Å²) in [5.74, 6) is 0.824. The second-order valence-electron chi connectivity index (χ2n) is 4.66. The van der Waals surface area contributed by atoms with E-state index >= 15 is 0 Å². The van der Waals surface area contributed by atoms with Gasteiger partial charge < -0.3 is 9.47 Å². The first-order chi connectivity index (χ1) is 11.3. The quantitative estimate of drug-likeness (QED) is 0.662. The molecule has 0 aliphatic carbocycles. The van der Waals surface area contributed by atoms with E-state index in [1.165, 1.54) is 11.3 Å². The maximum Gasteiger partial charge on any atom is 0.294 e. The van der Waals surface area contributed by atoms with Gasteiger partial charge in [-0.3, -0.25) is 0 Å². The smallest absolute Gasteiger partial charge is 0.294 e. The fourth-order valence-corrected chi connectivity index (χ4v) is 2.78. The summed E-state index contributed by atoms with van der Waals surface area (Å²) < 4.78 is 12.6. The van der Waals surface area contributed by atoms with Crippen LogP contribution < -0.4 is 9.47 Å². The summed E-state index contributed by atoms with van der Waals surface area (Å²) in [5.41, 5.74) is 1.76. The van der Waals surface area contributed by atoms with Crippen LogP contribution in [0, 0.1) is 0 Å². The van der Waals surface area contributed by atoms with Crippen molar-refractivity contribution in [1.29, 1.82) is 0 Å². The van der Waals surface area contributed by atoms with E-state index in [4.69, 9.17) is 9.47 Å². The molecule has 0 saturated heterocycles. The molecule has 0 unspecified atom stereocenters. The lowest BCUT2D eigenvalue weighted by Crippen LogP contribution is -1.99. The maximum atomic E-state index is 5.51. The maximum absolute atomic E-state index is 5.51. The highest BCUT2D eigenvalue weighted by molar-refractivity contribution is 7.13. The Morgan fingerprint density at radius 3 is 2.78 bits per heavy atom.